The monoisotopic (exact) mass is 445 g/mol. The summed E-state index contributed by atoms with van der Waals surface area (Å²) >= 11 is 1.82. The Bertz CT molecular complexity index is 804. The van der Waals surface area contributed by atoms with Crippen LogP contribution in [0.15, 0.2) is 23.1 Å². The molecule has 31 heavy (non-hydrogen) atoms. The van der Waals surface area contributed by atoms with Crippen molar-refractivity contribution in [3.8, 4) is 5.75 Å². The lowest BCUT2D eigenvalue weighted by Crippen LogP contribution is -2.51. The number of hydrogen-bond acceptors (Lipinski definition) is 4. The smallest absolute Gasteiger partial charge is 0.254 e. The van der Waals surface area contributed by atoms with Gasteiger partial charge in [0.1, 0.15) is 5.75 Å². The topological polar surface area (TPSA) is 49.8 Å². The third-order valence-corrected chi connectivity index (χ3v) is 9.68. The molecule has 0 spiro atoms. The Hall–Kier alpha value is -1.20. The van der Waals surface area contributed by atoms with E-state index in [2.05, 4.69) is 27.7 Å². The number of morpholine rings is 1. The van der Waals surface area contributed by atoms with Crippen molar-refractivity contribution in [1.29, 1.82) is 0 Å². The summed E-state index contributed by atoms with van der Waals surface area (Å²) in [6.07, 6.45) is 6.68. The number of fused-ring (bicyclic) bond motifs is 1. The summed E-state index contributed by atoms with van der Waals surface area (Å²) in [4.78, 5) is 15.8. The molecule has 0 aromatic heterocycles. The summed E-state index contributed by atoms with van der Waals surface area (Å²) in [6.45, 7) is 12.4. The van der Waals surface area contributed by atoms with E-state index in [9.17, 15) is 9.90 Å². The van der Waals surface area contributed by atoms with Gasteiger partial charge in [0.25, 0.3) is 5.91 Å². The van der Waals surface area contributed by atoms with Crippen molar-refractivity contribution in [2.24, 2.45) is 28.6 Å². The van der Waals surface area contributed by atoms with E-state index in [-0.39, 0.29) is 11.7 Å². The van der Waals surface area contributed by atoms with Crippen LogP contribution in [0.5, 0.6) is 5.75 Å². The minimum atomic E-state index is -0.00635. The molecule has 4 nitrogen and oxygen atoms in total. The van der Waals surface area contributed by atoms with Gasteiger partial charge in [0.05, 0.1) is 13.2 Å². The first-order valence-electron chi connectivity index (χ1n) is 12.0. The van der Waals surface area contributed by atoms with Crippen molar-refractivity contribution in [1.82, 2.24) is 4.90 Å². The zero-order valence-electron chi connectivity index (χ0n) is 19.7. The van der Waals surface area contributed by atoms with Gasteiger partial charge >= 0.3 is 0 Å². The summed E-state index contributed by atoms with van der Waals surface area (Å²) in [5.74, 6) is 3.40. The minimum Gasteiger partial charge on any atom is -0.508 e. The van der Waals surface area contributed by atoms with Gasteiger partial charge in [-0.05, 0) is 66.0 Å². The number of hydrogen-bond donors (Lipinski definition) is 1. The summed E-state index contributed by atoms with van der Waals surface area (Å²) in [5, 5.41) is 10.3. The van der Waals surface area contributed by atoms with Crippen LogP contribution >= 0.6 is 11.8 Å². The van der Waals surface area contributed by atoms with Crippen LogP contribution in [0, 0.1) is 28.6 Å². The van der Waals surface area contributed by atoms with Crippen LogP contribution in [0.1, 0.15) is 70.2 Å². The summed E-state index contributed by atoms with van der Waals surface area (Å²) in [5.41, 5.74) is 1.40. The second-order valence-electron chi connectivity index (χ2n) is 11.0. The zero-order chi connectivity index (χ0) is 22.2. The maximum atomic E-state index is 12.9. The minimum absolute atomic E-state index is 0.00635. The molecule has 4 unspecified atom stereocenters. The number of nitrogens with zero attached hydrogens (tertiary/aromatic N) is 1. The second-order valence-corrected chi connectivity index (χ2v) is 12.1. The largest absolute Gasteiger partial charge is 0.508 e. The molecule has 172 valence electrons. The molecule has 4 atom stereocenters. The summed E-state index contributed by atoms with van der Waals surface area (Å²) in [7, 11) is 0. The van der Waals surface area contributed by atoms with Gasteiger partial charge in [-0.3, -0.25) is 4.79 Å². The van der Waals surface area contributed by atoms with Gasteiger partial charge in [-0.2, -0.15) is 0 Å². The highest BCUT2D eigenvalue weighted by molar-refractivity contribution is 7.99. The van der Waals surface area contributed by atoms with Crippen LogP contribution in [-0.2, 0) is 4.74 Å². The van der Waals surface area contributed by atoms with Crippen LogP contribution in [0.2, 0.25) is 0 Å². The van der Waals surface area contributed by atoms with Crippen molar-refractivity contribution in [2.75, 3.05) is 32.1 Å². The molecular weight excluding hydrogens is 406 g/mol. The lowest BCUT2D eigenvalue weighted by molar-refractivity contribution is -0.0850. The standard InChI is InChI=1S/C26H39NO3S/c1-18-6-7-23-25(2,3)8-5-9-26(23,4)22(18)17-31-21-15-19(14-20(28)16-21)24(29)27-10-12-30-13-11-27/h14-16,18,22-23,28H,5-13,17H2,1-4H3. The number of benzene rings is 1. The third kappa shape index (κ3) is 4.64. The highest BCUT2D eigenvalue weighted by atomic mass is 32.2. The normalized spacial score (nSPS) is 33.0. The first-order valence-corrected chi connectivity index (χ1v) is 13.0. The van der Waals surface area contributed by atoms with Crippen molar-refractivity contribution in [3.05, 3.63) is 23.8 Å². The van der Waals surface area contributed by atoms with E-state index in [1.54, 1.807) is 6.07 Å². The highest BCUT2D eigenvalue weighted by Crippen LogP contribution is 2.61. The van der Waals surface area contributed by atoms with Gasteiger partial charge < -0.3 is 14.7 Å². The van der Waals surface area contributed by atoms with Gasteiger partial charge in [0.15, 0.2) is 0 Å². The molecule has 0 radical (unpaired) electrons. The van der Waals surface area contributed by atoms with Gasteiger partial charge in [-0.15, -0.1) is 11.8 Å². The van der Waals surface area contributed by atoms with Crippen molar-refractivity contribution in [2.45, 2.75) is 64.7 Å². The number of rotatable bonds is 4. The van der Waals surface area contributed by atoms with E-state index in [0.29, 0.717) is 48.6 Å². The molecule has 1 aromatic rings. The van der Waals surface area contributed by atoms with Gasteiger partial charge in [-0.1, -0.05) is 40.5 Å². The molecule has 1 heterocycles. The molecule has 1 saturated heterocycles. The number of phenolic OH excluding ortho intramolecular Hbond substituents is 1. The number of carbonyl (C=O) groups excluding carboxylic acids is 1. The Morgan fingerprint density at radius 3 is 2.65 bits per heavy atom. The third-order valence-electron chi connectivity index (χ3n) is 8.59. The number of phenols is 1. The Morgan fingerprint density at radius 1 is 1.16 bits per heavy atom. The quantitative estimate of drug-likeness (QED) is 0.592. The van der Waals surface area contributed by atoms with Crippen LogP contribution in [0.4, 0.5) is 0 Å². The van der Waals surface area contributed by atoms with Crippen LogP contribution in [0.3, 0.4) is 0 Å². The van der Waals surface area contributed by atoms with Crippen molar-refractivity contribution < 1.29 is 14.6 Å². The Labute approximate surface area is 192 Å². The van der Waals surface area contributed by atoms with Crippen molar-refractivity contribution >= 4 is 17.7 Å². The maximum absolute atomic E-state index is 12.9. The van der Waals surface area contributed by atoms with Crippen LogP contribution in [0.25, 0.3) is 0 Å². The van der Waals surface area contributed by atoms with Crippen LogP contribution in [-0.4, -0.2) is 48.0 Å². The molecule has 1 aliphatic heterocycles. The molecule has 5 heteroatoms. The Balaban J connectivity index is 1.50. The fourth-order valence-electron chi connectivity index (χ4n) is 6.89. The average molecular weight is 446 g/mol. The van der Waals surface area contributed by atoms with Gasteiger partial charge in [-0.25, -0.2) is 0 Å². The van der Waals surface area contributed by atoms with Crippen LogP contribution < -0.4 is 0 Å². The molecule has 3 aliphatic rings. The number of ether oxygens (including phenoxy) is 1. The van der Waals surface area contributed by atoms with E-state index in [0.717, 1.165) is 22.5 Å². The van der Waals surface area contributed by atoms with E-state index < -0.39 is 0 Å². The molecule has 1 aromatic carbocycles. The predicted octanol–water partition coefficient (Wildman–Crippen LogP) is 5.84. The van der Waals surface area contributed by atoms with E-state index in [4.69, 9.17) is 4.74 Å². The number of carbonyl (C=O) groups is 1. The highest BCUT2D eigenvalue weighted by Gasteiger charge is 2.53. The molecule has 2 aliphatic carbocycles. The fourth-order valence-corrected chi connectivity index (χ4v) is 8.39. The number of aromatic hydroxyl groups is 1. The molecule has 3 fully saturated rings. The predicted molar refractivity (Wildman–Crippen MR) is 127 cm³/mol. The molecule has 1 N–H and O–H groups in total. The van der Waals surface area contributed by atoms with E-state index in [1.165, 1.54) is 32.1 Å². The maximum Gasteiger partial charge on any atom is 0.254 e. The zero-order valence-corrected chi connectivity index (χ0v) is 20.5. The SMILES string of the molecule is CC1CCC2C(C)(C)CCCC2(C)C1CSc1cc(O)cc(C(=O)N2CCOCC2)c1. The first-order chi connectivity index (χ1) is 14.7. The van der Waals surface area contributed by atoms with Crippen molar-refractivity contribution in [3.63, 3.8) is 0 Å². The average Bonchev–Trinajstić information content (AvgIpc) is 2.72. The molecular formula is C26H39NO3S. The van der Waals surface area contributed by atoms with E-state index >= 15 is 0 Å². The lowest BCUT2D eigenvalue weighted by Gasteiger charge is -2.59. The Kier molecular flexibility index (Phi) is 6.65. The molecule has 4 rings (SSSR count). The molecule has 0 bridgehead atoms. The second kappa shape index (κ2) is 8.97. The summed E-state index contributed by atoms with van der Waals surface area (Å²) < 4.78 is 5.37. The lowest BCUT2D eigenvalue weighted by atomic mass is 9.47. The van der Waals surface area contributed by atoms with Gasteiger partial charge in [0, 0.05) is 29.3 Å². The molecule has 2 saturated carbocycles. The summed E-state index contributed by atoms with van der Waals surface area (Å²) in [6, 6.07) is 5.39. The fraction of sp³-hybridized carbons (Fsp3) is 0.731. The number of thioether (sulfide) groups is 1. The molecule has 1 amide bonds. The van der Waals surface area contributed by atoms with E-state index in [1.807, 2.05) is 28.8 Å². The number of amides is 1. The Morgan fingerprint density at radius 2 is 1.90 bits per heavy atom. The van der Waals surface area contributed by atoms with Gasteiger partial charge in [0.2, 0.25) is 0 Å². The first kappa shape index (κ1) is 23.0.